The molecule has 27 heavy (non-hydrogen) atoms. The summed E-state index contributed by atoms with van der Waals surface area (Å²) in [5.41, 5.74) is 3.71. The molecule has 2 aromatic carbocycles. The van der Waals surface area contributed by atoms with Crippen molar-refractivity contribution in [2.24, 2.45) is 0 Å². The molecule has 0 aliphatic carbocycles. The molecule has 0 unspecified atom stereocenters. The van der Waals surface area contributed by atoms with Crippen LogP contribution in [0, 0.1) is 12.7 Å². The Balaban J connectivity index is 1.46. The number of aryl methyl sites for hydroxylation is 1. The van der Waals surface area contributed by atoms with Crippen LogP contribution in [0.1, 0.15) is 21.7 Å². The van der Waals surface area contributed by atoms with E-state index in [1.807, 2.05) is 25.1 Å². The van der Waals surface area contributed by atoms with E-state index in [9.17, 15) is 9.18 Å². The summed E-state index contributed by atoms with van der Waals surface area (Å²) < 4.78 is 13.6. The average molecular weight is 379 g/mol. The maximum absolute atomic E-state index is 13.6. The van der Waals surface area contributed by atoms with Gasteiger partial charge in [0.15, 0.2) is 5.13 Å². The number of aromatic nitrogens is 2. The Morgan fingerprint density at radius 2 is 2.04 bits per heavy atom. The van der Waals surface area contributed by atoms with Crippen molar-refractivity contribution in [2.75, 3.05) is 5.32 Å². The van der Waals surface area contributed by atoms with Gasteiger partial charge in [0.25, 0.3) is 0 Å². The molecular formula is C21H18FN3OS. The Morgan fingerprint density at radius 3 is 2.85 bits per heavy atom. The predicted octanol–water partition coefficient (Wildman–Crippen LogP) is 4.84. The molecule has 0 saturated heterocycles. The zero-order valence-electron chi connectivity index (χ0n) is 14.8. The van der Waals surface area contributed by atoms with Crippen LogP contribution in [0.15, 0.2) is 54.7 Å². The van der Waals surface area contributed by atoms with Crippen molar-refractivity contribution in [1.29, 1.82) is 0 Å². The summed E-state index contributed by atoms with van der Waals surface area (Å²) >= 11 is 1.47. The van der Waals surface area contributed by atoms with Gasteiger partial charge in [0.05, 0.1) is 6.42 Å². The fraction of sp³-hybridized carbons (Fsp3) is 0.143. The quantitative estimate of drug-likeness (QED) is 0.521. The molecule has 0 spiro atoms. The summed E-state index contributed by atoms with van der Waals surface area (Å²) in [5.74, 6) is -0.475. The van der Waals surface area contributed by atoms with Crippen LogP contribution >= 0.6 is 11.3 Å². The monoisotopic (exact) mass is 379 g/mol. The number of fused-ring (bicyclic) bond motifs is 1. The molecule has 0 aliphatic heterocycles. The van der Waals surface area contributed by atoms with Crippen molar-refractivity contribution >= 4 is 33.3 Å². The molecule has 2 aromatic heterocycles. The second-order valence-corrected chi connectivity index (χ2v) is 7.55. The van der Waals surface area contributed by atoms with Crippen molar-refractivity contribution in [3.05, 3.63) is 82.2 Å². The van der Waals surface area contributed by atoms with Crippen LogP contribution in [-0.4, -0.2) is 15.9 Å². The number of anilines is 1. The predicted molar refractivity (Wildman–Crippen MR) is 107 cm³/mol. The summed E-state index contributed by atoms with van der Waals surface area (Å²) in [6, 6.07) is 14.7. The Morgan fingerprint density at radius 1 is 1.22 bits per heavy atom. The second-order valence-electron chi connectivity index (χ2n) is 6.44. The number of nitrogens with zero attached hydrogens (tertiary/aromatic N) is 1. The van der Waals surface area contributed by atoms with E-state index < -0.39 is 0 Å². The lowest BCUT2D eigenvalue weighted by Gasteiger charge is -2.03. The molecule has 2 heterocycles. The number of hydrogen-bond donors (Lipinski definition) is 2. The number of aromatic amines is 1. The van der Waals surface area contributed by atoms with Gasteiger partial charge in [-0.05, 0) is 36.2 Å². The van der Waals surface area contributed by atoms with E-state index in [0.29, 0.717) is 5.13 Å². The Kier molecular flexibility index (Phi) is 4.73. The third-order valence-corrected chi connectivity index (χ3v) is 5.35. The highest BCUT2D eigenvalue weighted by Crippen LogP contribution is 2.25. The number of nitrogens with one attached hydrogen (secondary N) is 2. The lowest BCUT2D eigenvalue weighted by Crippen LogP contribution is -2.14. The molecule has 4 nitrogen and oxygen atoms in total. The maximum atomic E-state index is 13.6. The Bertz CT molecular complexity index is 1100. The second kappa shape index (κ2) is 7.32. The molecule has 0 aliphatic rings. The van der Waals surface area contributed by atoms with Gasteiger partial charge in [-0.1, -0.05) is 30.3 Å². The molecule has 0 saturated carbocycles. The van der Waals surface area contributed by atoms with E-state index in [1.54, 1.807) is 12.3 Å². The minimum Gasteiger partial charge on any atom is -0.358 e. The highest BCUT2D eigenvalue weighted by atomic mass is 32.1. The van der Waals surface area contributed by atoms with Gasteiger partial charge in [0, 0.05) is 34.1 Å². The third-order valence-electron chi connectivity index (χ3n) is 4.44. The number of halogens is 1. The van der Waals surface area contributed by atoms with Gasteiger partial charge in [-0.2, -0.15) is 0 Å². The molecule has 0 radical (unpaired) electrons. The van der Waals surface area contributed by atoms with E-state index in [-0.39, 0.29) is 18.1 Å². The first-order chi connectivity index (χ1) is 13.1. The molecular weight excluding hydrogens is 361 g/mol. The molecule has 136 valence electrons. The van der Waals surface area contributed by atoms with Crippen molar-refractivity contribution in [3.63, 3.8) is 0 Å². The van der Waals surface area contributed by atoms with E-state index >= 15 is 0 Å². The first-order valence-corrected chi connectivity index (χ1v) is 9.45. The number of rotatable bonds is 5. The first-order valence-electron chi connectivity index (χ1n) is 8.63. The molecule has 4 rings (SSSR count). The number of amides is 1. The average Bonchev–Trinajstić information content (AvgIpc) is 3.20. The van der Waals surface area contributed by atoms with E-state index in [2.05, 4.69) is 27.4 Å². The van der Waals surface area contributed by atoms with Gasteiger partial charge in [-0.15, -0.1) is 11.3 Å². The van der Waals surface area contributed by atoms with Gasteiger partial charge < -0.3 is 10.3 Å². The van der Waals surface area contributed by atoms with E-state index in [0.717, 1.165) is 33.5 Å². The van der Waals surface area contributed by atoms with Crippen molar-refractivity contribution in [1.82, 2.24) is 9.97 Å². The molecule has 2 N–H and O–H groups in total. The van der Waals surface area contributed by atoms with Crippen LogP contribution in [0.5, 0.6) is 0 Å². The zero-order valence-corrected chi connectivity index (χ0v) is 15.6. The van der Waals surface area contributed by atoms with Crippen molar-refractivity contribution in [3.8, 4) is 0 Å². The topological polar surface area (TPSA) is 57.8 Å². The smallest absolute Gasteiger partial charge is 0.230 e. The summed E-state index contributed by atoms with van der Waals surface area (Å²) in [6.07, 6.45) is 2.75. The molecule has 0 atom stereocenters. The molecule has 4 aromatic rings. The van der Waals surface area contributed by atoms with Crippen molar-refractivity contribution < 1.29 is 9.18 Å². The van der Waals surface area contributed by atoms with Crippen LogP contribution < -0.4 is 5.32 Å². The lowest BCUT2D eigenvalue weighted by molar-refractivity contribution is -0.115. The number of carbonyl (C=O) groups excluding carboxylic acids is 1. The first kappa shape index (κ1) is 17.4. The van der Waals surface area contributed by atoms with Gasteiger partial charge in [0.2, 0.25) is 5.91 Å². The fourth-order valence-electron chi connectivity index (χ4n) is 3.15. The normalized spacial score (nSPS) is 11.0. The molecule has 0 fully saturated rings. The maximum Gasteiger partial charge on any atom is 0.230 e. The fourth-order valence-corrected chi connectivity index (χ4v) is 4.01. The third kappa shape index (κ3) is 3.90. The highest BCUT2D eigenvalue weighted by Gasteiger charge is 2.14. The van der Waals surface area contributed by atoms with Crippen LogP contribution in [0.25, 0.3) is 10.9 Å². The molecule has 1 amide bonds. The van der Waals surface area contributed by atoms with Gasteiger partial charge >= 0.3 is 0 Å². The Hall–Kier alpha value is -2.99. The van der Waals surface area contributed by atoms with Crippen LogP contribution in [-0.2, 0) is 17.6 Å². The van der Waals surface area contributed by atoms with Crippen molar-refractivity contribution in [2.45, 2.75) is 19.8 Å². The minimum absolute atomic E-state index is 0.163. The molecule has 6 heteroatoms. The van der Waals surface area contributed by atoms with E-state index in [1.165, 1.54) is 29.0 Å². The molecule has 0 bridgehead atoms. The highest BCUT2D eigenvalue weighted by molar-refractivity contribution is 7.15. The largest absolute Gasteiger partial charge is 0.358 e. The summed E-state index contributed by atoms with van der Waals surface area (Å²) in [4.78, 5) is 21.1. The minimum atomic E-state index is -0.311. The Labute approximate surface area is 160 Å². The van der Waals surface area contributed by atoms with Crippen LogP contribution in [0.2, 0.25) is 0 Å². The number of benzene rings is 2. The number of thiazole rings is 1. The van der Waals surface area contributed by atoms with E-state index in [4.69, 9.17) is 0 Å². The number of H-pyrrole nitrogens is 1. The van der Waals surface area contributed by atoms with Gasteiger partial charge in [-0.25, -0.2) is 9.37 Å². The summed E-state index contributed by atoms with van der Waals surface area (Å²) in [6.45, 7) is 1.89. The van der Waals surface area contributed by atoms with Gasteiger partial charge in [0.1, 0.15) is 5.82 Å². The standard InChI is InChI=1S/C21H18FN3OS/c1-13-17(18-10-15(22)7-8-19(18)24-13)11-20(26)25-21-23-12-16(27-21)9-14-5-3-2-4-6-14/h2-8,10,12,24H,9,11H2,1H3,(H,23,25,26). The van der Waals surface area contributed by atoms with Crippen LogP contribution in [0.3, 0.4) is 0 Å². The summed E-state index contributed by atoms with van der Waals surface area (Å²) in [7, 11) is 0. The number of hydrogen-bond acceptors (Lipinski definition) is 3. The lowest BCUT2D eigenvalue weighted by atomic mass is 10.1. The SMILES string of the molecule is Cc1[nH]c2ccc(F)cc2c1CC(=O)Nc1ncc(Cc2ccccc2)s1. The summed E-state index contributed by atoms with van der Waals surface area (Å²) in [5, 5.41) is 4.17. The van der Waals surface area contributed by atoms with Gasteiger partial charge in [-0.3, -0.25) is 4.79 Å². The zero-order chi connectivity index (χ0) is 18.8. The van der Waals surface area contributed by atoms with Crippen LogP contribution in [0.4, 0.5) is 9.52 Å². The number of carbonyl (C=O) groups is 1.